The lowest BCUT2D eigenvalue weighted by Gasteiger charge is -2.58. The van der Waals surface area contributed by atoms with E-state index < -0.39 is 5.60 Å². The van der Waals surface area contributed by atoms with Crippen LogP contribution >= 0.6 is 23.2 Å². The number of hydrogen-bond donors (Lipinski definition) is 1. The van der Waals surface area contributed by atoms with Gasteiger partial charge in [-0.2, -0.15) is 10.2 Å². The van der Waals surface area contributed by atoms with E-state index in [4.69, 9.17) is 42.9 Å². The van der Waals surface area contributed by atoms with Crippen molar-refractivity contribution in [2.45, 2.75) is 97.1 Å². The summed E-state index contributed by atoms with van der Waals surface area (Å²) in [6, 6.07) is 2.15. The molecule has 1 unspecified atom stereocenters. The summed E-state index contributed by atoms with van der Waals surface area (Å²) < 4.78 is 15.9. The van der Waals surface area contributed by atoms with E-state index in [-0.39, 0.29) is 29.3 Å². The minimum absolute atomic E-state index is 0.120. The van der Waals surface area contributed by atoms with E-state index in [0.717, 1.165) is 105 Å². The van der Waals surface area contributed by atoms with Crippen LogP contribution in [0.3, 0.4) is 0 Å². The fourth-order valence-corrected chi connectivity index (χ4v) is 8.27. The van der Waals surface area contributed by atoms with E-state index in [2.05, 4.69) is 35.7 Å². The van der Waals surface area contributed by atoms with Gasteiger partial charge in [0.15, 0.2) is 12.0 Å². The quantitative estimate of drug-likeness (QED) is 0.324. The summed E-state index contributed by atoms with van der Waals surface area (Å²) in [4.78, 5) is 16.9. The average molecular weight is 659 g/mol. The molecule has 1 N–H and O–H groups in total. The van der Waals surface area contributed by atoms with Crippen molar-refractivity contribution >= 4 is 46.0 Å². The predicted molar refractivity (Wildman–Crippen MR) is 177 cm³/mol. The Labute approximate surface area is 275 Å². The Hall–Kier alpha value is -2.53. The minimum atomic E-state index is -0.494. The molecule has 2 aromatic heterocycles. The number of carbonyl (C=O) groups is 1. The van der Waals surface area contributed by atoms with Crippen molar-refractivity contribution in [2.75, 3.05) is 44.2 Å². The number of rotatable bonds is 4. The molecule has 5 heterocycles. The number of amides is 1. The van der Waals surface area contributed by atoms with Crippen molar-refractivity contribution in [3.8, 4) is 11.1 Å². The molecule has 1 atom stereocenters. The lowest BCUT2D eigenvalue weighted by Crippen LogP contribution is -2.64. The van der Waals surface area contributed by atoms with Gasteiger partial charge in [-0.25, -0.2) is 9.48 Å². The standard InChI is InChI=1S/C33H45Cl2N7O3/c1-20-26(27-22-16-37-42(25-9-7-8-12-44-25)24(22)13-23(34)28(27)35)29(40-11-10-36-17-32(40,5)6)38-41(20)21-14-33(15-21)18-39(19-33)30(43)45-31(2,3)4/h13,16,21,25,36H,7-12,14-15,17-19H2,1-6H3. The zero-order chi connectivity index (χ0) is 31.9. The fraction of sp³-hybridized carbons (Fsp3) is 0.667. The SMILES string of the molecule is Cc1c(-c2c(Cl)c(Cl)cc3c2cnn3C2CCCCO2)c(N2CCNCC2(C)C)nn1C1CC2(C1)CN(C(=O)OC(C)(C)C)C2. The van der Waals surface area contributed by atoms with Crippen molar-refractivity contribution in [3.63, 3.8) is 0 Å². The van der Waals surface area contributed by atoms with E-state index >= 15 is 0 Å². The smallest absolute Gasteiger partial charge is 0.410 e. The summed E-state index contributed by atoms with van der Waals surface area (Å²) in [7, 11) is 0. The van der Waals surface area contributed by atoms with Gasteiger partial charge in [-0.3, -0.25) is 4.68 Å². The second-order valence-corrected chi connectivity index (χ2v) is 15.9. The first-order valence-electron chi connectivity index (χ1n) is 16.3. The molecular weight excluding hydrogens is 613 g/mol. The molecule has 3 saturated heterocycles. The largest absolute Gasteiger partial charge is 0.444 e. The number of likely N-dealkylation sites (tertiary alicyclic amines) is 1. The first-order chi connectivity index (χ1) is 21.3. The van der Waals surface area contributed by atoms with Crippen LogP contribution in [0.15, 0.2) is 12.3 Å². The molecule has 1 spiro atoms. The third kappa shape index (κ3) is 5.39. The molecule has 1 saturated carbocycles. The molecule has 0 bridgehead atoms. The highest BCUT2D eigenvalue weighted by Crippen LogP contribution is 2.56. The molecular formula is C33H45Cl2N7O3. The third-order valence-corrected chi connectivity index (χ3v) is 10.8. The Morgan fingerprint density at radius 2 is 1.89 bits per heavy atom. The third-order valence-electron chi connectivity index (χ3n) is 10.0. The summed E-state index contributed by atoms with van der Waals surface area (Å²) in [5.41, 5.74) is 3.34. The molecule has 12 heteroatoms. The predicted octanol–water partition coefficient (Wildman–Crippen LogP) is 6.97. The molecule has 0 radical (unpaired) electrons. The van der Waals surface area contributed by atoms with Crippen molar-refractivity contribution in [3.05, 3.63) is 28.0 Å². The van der Waals surface area contributed by atoms with Gasteiger partial charge in [0, 0.05) is 72.5 Å². The summed E-state index contributed by atoms with van der Waals surface area (Å²) in [6.45, 7) is 17.1. The summed E-state index contributed by atoms with van der Waals surface area (Å²) >= 11 is 14.0. The second-order valence-electron chi connectivity index (χ2n) is 15.2. The van der Waals surface area contributed by atoms with E-state index in [9.17, 15) is 4.79 Å². The molecule has 3 aromatic rings. The van der Waals surface area contributed by atoms with Crippen LogP contribution < -0.4 is 10.2 Å². The first kappa shape index (κ1) is 31.1. The van der Waals surface area contributed by atoms with Gasteiger partial charge in [-0.1, -0.05) is 23.2 Å². The number of piperazine rings is 1. The van der Waals surface area contributed by atoms with E-state index in [0.29, 0.717) is 10.0 Å². The molecule has 10 nitrogen and oxygen atoms in total. The Bertz CT molecular complexity index is 1620. The van der Waals surface area contributed by atoms with Gasteiger partial charge >= 0.3 is 6.09 Å². The van der Waals surface area contributed by atoms with Crippen LogP contribution in [0.5, 0.6) is 0 Å². The van der Waals surface area contributed by atoms with Gasteiger partial charge < -0.3 is 24.6 Å². The maximum Gasteiger partial charge on any atom is 0.410 e. The van der Waals surface area contributed by atoms with Crippen LogP contribution in [-0.4, -0.2) is 81.0 Å². The van der Waals surface area contributed by atoms with Crippen molar-refractivity contribution < 1.29 is 14.3 Å². The molecule has 1 aromatic carbocycles. The number of anilines is 1. The van der Waals surface area contributed by atoms with E-state index in [1.54, 1.807) is 0 Å². The molecule has 1 amide bonds. The molecule has 3 aliphatic heterocycles. The molecule has 4 fully saturated rings. The number of aromatic nitrogens is 4. The summed E-state index contributed by atoms with van der Waals surface area (Å²) in [6.07, 6.45) is 6.58. The van der Waals surface area contributed by atoms with Gasteiger partial charge in [0.25, 0.3) is 0 Å². The normalized spacial score (nSPS) is 23.3. The zero-order valence-electron chi connectivity index (χ0n) is 27.3. The van der Waals surface area contributed by atoms with Gasteiger partial charge in [-0.05, 0) is 79.7 Å². The Morgan fingerprint density at radius 3 is 2.56 bits per heavy atom. The Balaban J connectivity index is 1.27. The van der Waals surface area contributed by atoms with Crippen LogP contribution in [0.1, 0.15) is 84.7 Å². The van der Waals surface area contributed by atoms with Crippen LogP contribution in [0.4, 0.5) is 10.6 Å². The van der Waals surface area contributed by atoms with E-state index in [1.165, 1.54) is 0 Å². The highest BCUT2D eigenvalue weighted by molar-refractivity contribution is 6.45. The summed E-state index contributed by atoms with van der Waals surface area (Å²) in [5.74, 6) is 0.927. The minimum Gasteiger partial charge on any atom is -0.444 e. The van der Waals surface area contributed by atoms with Gasteiger partial charge in [-0.15, -0.1) is 0 Å². The van der Waals surface area contributed by atoms with Crippen molar-refractivity contribution in [2.24, 2.45) is 5.41 Å². The zero-order valence-corrected chi connectivity index (χ0v) is 28.8. The monoisotopic (exact) mass is 657 g/mol. The Morgan fingerprint density at radius 1 is 1.13 bits per heavy atom. The topological polar surface area (TPSA) is 89.7 Å². The number of carbonyl (C=O) groups excluding carboxylic acids is 1. The highest BCUT2D eigenvalue weighted by atomic mass is 35.5. The lowest BCUT2D eigenvalue weighted by molar-refractivity contribution is -0.0930. The average Bonchev–Trinajstić information content (AvgIpc) is 3.48. The molecule has 45 heavy (non-hydrogen) atoms. The van der Waals surface area contributed by atoms with Crippen LogP contribution in [0.25, 0.3) is 22.0 Å². The number of nitrogens with one attached hydrogen (secondary N) is 1. The lowest BCUT2D eigenvalue weighted by atomic mass is 9.61. The fourth-order valence-electron chi connectivity index (χ4n) is 7.83. The van der Waals surface area contributed by atoms with E-state index in [1.807, 2.05) is 42.6 Å². The van der Waals surface area contributed by atoms with Crippen LogP contribution in [0.2, 0.25) is 10.0 Å². The van der Waals surface area contributed by atoms with Gasteiger partial charge in [0.05, 0.1) is 27.8 Å². The number of fused-ring (bicyclic) bond motifs is 1. The second kappa shape index (κ2) is 11.0. The van der Waals surface area contributed by atoms with Crippen molar-refractivity contribution in [1.82, 2.24) is 29.8 Å². The first-order valence-corrected chi connectivity index (χ1v) is 17.1. The molecule has 1 aliphatic carbocycles. The number of hydrogen-bond acceptors (Lipinski definition) is 7. The molecule has 244 valence electrons. The van der Waals surface area contributed by atoms with Crippen molar-refractivity contribution in [1.29, 1.82) is 0 Å². The van der Waals surface area contributed by atoms with Gasteiger partial charge in [0.2, 0.25) is 0 Å². The van der Waals surface area contributed by atoms with Crippen LogP contribution in [-0.2, 0) is 9.47 Å². The number of halogens is 2. The Kier molecular flexibility index (Phi) is 7.62. The highest BCUT2D eigenvalue weighted by Gasteiger charge is 2.55. The molecule has 4 aliphatic rings. The molecule has 7 rings (SSSR count). The maximum atomic E-state index is 12.6. The van der Waals surface area contributed by atoms with Crippen LogP contribution in [0, 0.1) is 12.3 Å². The maximum absolute atomic E-state index is 12.6. The number of ether oxygens (including phenoxy) is 2. The number of benzene rings is 1. The number of nitrogens with zero attached hydrogens (tertiary/aromatic N) is 6. The van der Waals surface area contributed by atoms with Gasteiger partial charge in [0.1, 0.15) is 5.60 Å². The summed E-state index contributed by atoms with van der Waals surface area (Å²) in [5, 5.41) is 15.7.